The summed E-state index contributed by atoms with van der Waals surface area (Å²) in [5, 5.41) is 18.0. The molecule has 4 saturated carbocycles. The van der Waals surface area contributed by atoms with Gasteiger partial charge in [-0.2, -0.15) is 0 Å². The maximum Gasteiger partial charge on any atom is 0.324 e. The average Bonchev–Trinajstić information content (AvgIpc) is 2.46. The average molecular weight is 197 g/mol. The quantitative estimate of drug-likeness (QED) is 0.547. The van der Waals surface area contributed by atoms with Crippen LogP contribution in [-0.4, -0.2) is 27.7 Å². The van der Waals surface area contributed by atoms with Gasteiger partial charge in [-0.3, -0.25) is 9.59 Å². The van der Waals surface area contributed by atoms with Gasteiger partial charge in [0, 0.05) is 5.92 Å². The van der Waals surface area contributed by atoms with Crippen molar-refractivity contribution in [2.75, 3.05) is 0 Å². The smallest absolute Gasteiger partial charge is 0.324 e. The molecule has 4 rings (SSSR count). The second-order valence-corrected chi connectivity index (χ2v) is 4.71. The van der Waals surface area contributed by atoms with Crippen molar-refractivity contribution in [3.05, 3.63) is 0 Å². The number of aliphatic carboxylic acids is 2. The van der Waals surface area contributed by atoms with Crippen LogP contribution in [0.2, 0.25) is 0 Å². The van der Waals surface area contributed by atoms with Crippen LogP contribution in [-0.2, 0) is 9.59 Å². The van der Waals surface area contributed by atoms with Crippen molar-refractivity contribution >= 4 is 11.9 Å². The van der Waals surface area contributed by atoms with Crippen molar-refractivity contribution in [1.82, 2.24) is 0 Å². The second-order valence-electron chi connectivity index (χ2n) is 4.71. The first-order chi connectivity index (χ1) is 6.49. The first kappa shape index (κ1) is 8.23. The Morgan fingerprint density at radius 1 is 1.36 bits per heavy atom. The fraction of sp³-hybridized carbons (Fsp3) is 0.778. The predicted molar refractivity (Wildman–Crippen MR) is 44.3 cm³/mol. The van der Waals surface area contributed by atoms with Crippen LogP contribution in [0.4, 0.5) is 0 Å². The summed E-state index contributed by atoms with van der Waals surface area (Å²) >= 11 is 0. The molecule has 0 aromatic carbocycles. The zero-order chi connectivity index (χ0) is 10.2. The Morgan fingerprint density at radius 3 is 2.29 bits per heavy atom. The Labute approximate surface area is 79.9 Å². The van der Waals surface area contributed by atoms with Crippen molar-refractivity contribution in [3.63, 3.8) is 0 Å². The molecule has 0 spiro atoms. The number of carboxylic acid groups (broad SMARTS) is 2. The molecule has 76 valence electrons. The van der Waals surface area contributed by atoms with E-state index in [1.165, 1.54) is 0 Å². The monoisotopic (exact) mass is 197 g/mol. The Bertz CT molecular complexity index is 355. The van der Waals surface area contributed by atoms with Crippen molar-refractivity contribution in [2.45, 2.75) is 12.0 Å². The Morgan fingerprint density at radius 2 is 2.00 bits per heavy atom. The highest BCUT2D eigenvalue weighted by Crippen LogP contribution is 2.76. The van der Waals surface area contributed by atoms with Gasteiger partial charge in [0.25, 0.3) is 0 Å². The van der Waals surface area contributed by atoms with Crippen molar-refractivity contribution in [1.29, 1.82) is 0 Å². The Balaban J connectivity index is 2.03. The first-order valence-corrected chi connectivity index (χ1v) is 4.74. The van der Waals surface area contributed by atoms with E-state index in [0.717, 1.165) is 0 Å². The van der Waals surface area contributed by atoms with Crippen LogP contribution >= 0.6 is 0 Å². The molecule has 4 aliphatic rings. The Kier molecular flexibility index (Phi) is 1.15. The lowest BCUT2D eigenvalue weighted by molar-refractivity contribution is -0.147. The number of nitrogens with two attached hydrogens (primary N) is 1. The summed E-state index contributed by atoms with van der Waals surface area (Å²) < 4.78 is 0. The number of carbonyl (C=O) groups is 2. The minimum atomic E-state index is -1.25. The highest BCUT2D eigenvalue weighted by Gasteiger charge is 2.82. The lowest BCUT2D eigenvalue weighted by Gasteiger charge is -2.24. The summed E-state index contributed by atoms with van der Waals surface area (Å²) in [7, 11) is 0. The third-order valence-electron chi connectivity index (χ3n) is 4.42. The zero-order valence-corrected chi connectivity index (χ0v) is 7.38. The van der Waals surface area contributed by atoms with E-state index in [-0.39, 0.29) is 23.7 Å². The van der Waals surface area contributed by atoms with E-state index in [0.29, 0.717) is 6.42 Å². The predicted octanol–water partition coefficient (Wildman–Crippen LogP) is -0.635. The van der Waals surface area contributed by atoms with Gasteiger partial charge < -0.3 is 15.9 Å². The molecule has 14 heavy (non-hydrogen) atoms. The van der Waals surface area contributed by atoms with Gasteiger partial charge in [0.05, 0.1) is 5.92 Å². The minimum Gasteiger partial charge on any atom is -0.481 e. The molecule has 4 bridgehead atoms. The molecule has 4 N–H and O–H groups in total. The largest absolute Gasteiger partial charge is 0.481 e. The van der Waals surface area contributed by atoms with Gasteiger partial charge in [0.2, 0.25) is 0 Å². The van der Waals surface area contributed by atoms with Gasteiger partial charge in [-0.25, -0.2) is 0 Å². The molecule has 4 aliphatic carbocycles. The van der Waals surface area contributed by atoms with Crippen LogP contribution in [0.1, 0.15) is 6.42 Å². The van der Waals surface area contributed by atoms with Crippen LogP contribution in [0.25, 0.3) is 0 Å². The number of hydrogen-bond acceptors (Lipinski definition) is 3. The maximum absolute atomic E-state index is 11.0. The van der Waals surface area contributed by atoms with E-state index < -0.39 is 23.4 Å². The van der Waals surface area contributed by atoms with E-state index in [1.807, 2.05) is 0 Å². The summed E-state index contributed by atoms with van der Waals surface area (Å²) in [5.41, 5.74) is 4.59. The van der Waals surface area contributed by atoms with Crippen LogP contribution < -0.4 is 5.73 Å². The number of carboxylic acids is 2. The second kappa shape index (κ2) is 1.95. The fourth-order valence-corrected chi connectivity index (χ4v) is 3.95. The first-order valence-electron chi connectivity index (χ1n) is 4.74. The Hall–Kier alpha value is -1.10. The van der Waals surface area contributed by atoms with Gasteiger partial charge in [-0.15, -0.1) is 0 Å². The van der Waals surface area contributed by atoms with E-state index in [9.17, 15) is 9.59 Å². The summed E-state index contributed by atoms with van der Waals surface area (Å²) in [6, 6.07) is 0. The fourth-order valence-electron chi connectivity index (χ4n) is 3.95. The lowest BCUT2D eigenvalue weighted by Crippen LogP contribution is -2.52. The van der Waals surface area contributed by atoms with Crippen molar-refractivity contribution < 1.29 is 19.8 Å². The molecule has 5 heteroatoms. The summed E-state index contributed by atoms with van der Waals surface area (Å²) in [6.07, 6.45) is 0.690. The van der Waals surface area contributed by atoms with E-state index in [2.05, 4.69) is 0 Å². The zero-order valence-electron chi connectivity index (χ0n) is 7.38. The van der Waals surface area contributed by atoms with Gasteiger partial charge in [-0.05, 0) is 24.2 Å². The van der Waals surface area contributed by atoms with Crippen molar-refractivity contribution in [2.24, 2.45) is 35.3 Å². The molecule has 0 aliphatic heterocycles. The van der Waals surface area contributed by atoms with Gasteiger partial charge in [0.15, 0.2) is 0 Å². The molecule has 0 amide bonds. The lowest BCUT2D eigenvalue weighted by atomic mass is 9.85. The molecule has 0 saturated heterocycles. The van der Waals surface area contributed by atoms with Crippen molar-refractivity contribution in [3.8, 4) is 0 Å². The standard InChI is InChI=1S/C9H11NO4/c10-9(8(13)14)3-1-2-4(6(2)9)5(3)7(11)12/h2-6H,1,10H2,(H,11,12)(H,13,14). The summed E-state index contributed by atoms with van der Waals surface area (Å²) in [4.78, 5) is 22.0. The van der Waals surface area contributed by atoms with Gasteiger partial charge >= 0.3 is 11.9 Å². The van der Waals surface area contributed by atoms with Crippen LogP contribution in [0, 0.1) is 29.6 Å². The highest BCUT2D eigenvalue weighted by atomic mass is 16.4. The molecular formula is C9H11NO4. The van der Waals surface area contributed by atoms with E-state index in [4.69, 9.17) is 15.9 Å². The van der Waals surface area contributed by atoms with Crippen LogP contribution in [0.3, 0.4) is 0 Å². The van der Waals surface area contributed by atoms with E-state index in [1.54, 1.807) is 0 Å². The third-order valence-corrected chi connectivity index (χ3v) is 4.42. The topological polar surface area (TPSA) is 101 Å². The number of hydrogen-bond donors (Lipinski definition) is 3. The van der Waals surface area contributed by atoms with Crippen LogP contribution in [0.5, 0.6) is 0 Å². The molecule has 5 nitrogen and oxygen atoms in total. The molecule has 0 aromatic rings. The SMILES string of the molecule is NC1(C(=O)O)C2CC3C(C2C(=O)O)C31. The molecule has 0 aromatic heterocycles. The molecule has 0 heterocycles. The molecule has 4 fully saturated rings. The maximum atomic E-state index is 11.0. The molecular weight excluding hydrogens is 186 g/mol. The number of rotatable bonds is 2. The highest BCUT2D eigenvalue weighted by molar-refractivity contribution is 5.86. The normalized spacial score (nSPS) is 57.4. The molecule has 0 radical (unpaired) electrons. The van der Waals surface area contributed by atoms with Gasteiger partial charge in [-0.1, -0.05) is 0 Å². The van der Waals surface area contributed by atoms with E-state index >= 15 is 0 Å². The molecule has 6 atom stereocenters. The summed E-state index contributed by atoms with van der Waals surface area (Å²) in [6.45, 7) is 0. The van der Waals surface area contributed by atoms with Crippen LogP contribution in [0.15, 0.2) is 0 Å². The summed E-state index contributed by atoms with van der Waals surface area (Å²) in [5.74, 6) is -2.53. The molecule has 6 unspecified atom stereocenters. The van der Waals surface area contributed by atoms with Gasteiger partial charge in [0.1, 0.15) is 5.54 Å². The minimum absolute atomic E-state index is 0.0404. The third kappa shape index (κ3) is 0.580.